The maximum absolute atomic E-state index is 12.7. The molecule has 1 aromatic rings. The van der Waals surface area contributed by atoms with E-state index in [1.807, 2.05) is 27.7 Å². The minimum absolute atomic E-state index is 0.114. The van der Waals surface area contributed by atoms with Crippen molar-refractivity contribution in [3.63, 3.8) is 0 Å². The number of nitrogens with one attached hydrogen (secondary N) is 2. The number of hydrogen-bond acceptors (Lipinski definition) is 4. The monoisotopic (exact) mass is 288 g/mol. The Bertz CT molecular complexity index is 534. The lowest BCUT2D eigenvalue weighted by molar-refractivity contribution is 0.256. The molecular formula is C12H24N4O2S. The predicted molar refractivity (Wildman–Crippen MR) is 75.4 cm³/mol. The molecule has 0 aliphatic heterocycles. The average Bonchev–Trinajstić information content (AvgIpc) is 2.71. The van der Waals surface area contributed by atoms with Crippen molar-refractivity contribution in [1.82, 2.24) is 19.8 Å². The van der Waals surface area contributed by atoms with Gasteiger partial charge in [0, 0.05) is 30.4 Å². The van der Waals surface area contributed by atoms with Gasteiger partial charge in [0.1, 0.15) is 0 Å². The van der Waals surface area contributed by atoms with Crippen molar-refractivity contribution >= 4 is 10.0 Å². The number of hydrogen-bond donors (Lipinski definition) is 2. The van der Waals surface area contributed by atoms with E-state index in [0.717, 1.165) is 12.1 Å². The second kappa shape index (κ2) is 5.60. The van der Waals surface area contributed by atoms with E-state index in [2.05, 4.69) is 15.5 Å². The Morgan fingerprint density at radius 1 is 1.42 bits per heavy atom. The van der Waals surface area contributed by atoms with Crippen molar-refractivity contribution < 1.29 is 8.42 Å². The molecular weight excluding hydrogens is 264 g/mol. The molecule has 0 spiro atoms. The quantitative estimate of drug-likeness (QED) is 0.825. The number of aromatic amines is 1. The molecule has 6 nitrogen and oxygen atoms in total. The molecule has 0 saturated heterocycles. The van der Waals surface area contributed by atoms with E-state index in [1.165, 1.54) is 4.31 Å². The zero-order valence-electron chi connectivity index (χ0n) is 12.5. The summed E-state index contributed by atoms with van der Waals surface area (Å²) in [7, 11) is -0.206. The number of aromatic nitrogens is 2. The van der Waals surface area contributed by atoms with E-state index in [1.54, 1.807) is 14.1 Å². The maximum atomic E-state index is 12.7. The molecule has 0 aliphatic rings. The zero-order valence-corrected chi connectivity index (χ0v) is 13.3. The Kier molecular flexibility index (Phi) is 4.76. The second-order valence-electron chi connectivity index (χ2n) is 5.30. The Hall–Kier alpha value is -0.920. The Morgan fingerprint density at radius 2 is 2.00 bits per heavy atom. The number of rotatable bonds is 6. The molecule has 0 bridgehead atoms. The van der Waals surface area contributed by atoms with Crippen molar-refractivity contribution in [2.24, 2.45) is 0 Å². The Labute approximate surface area is 115 Å². The van der Waals surface area contributed by atoms with E-state index in [-0.39, 0.29) is 5.03 Å². The zero-order chi connectivity index (χ0) is 14.8. The van der Waals surface area contributed by atoms with Crippen molar-refractivity contribution in [2.45, 2.75) is 51.2 Å². The van der Waals surface area contributed by atoms with Crippen molar-refractivity contribution in [3.05, 3.63) is 11.3 Å². The number of sulfonamides is 1. The first-order valence-corrected chi connectivity index (χ1v) is 7.80. The van der Waals surface area contributed by atoms with Crippen LogP contribution in [0.5, 0.6) is 0 Å². The smallest absolute Gasteiger partial charge is 0.262 e. The van der Waals surface area contributed by atoms with E-state index < -0.39 is 15.6 Å². The van der Waals surface area contributed by atoms with Gasteiger partial charge < -0.3 is 5.32 Å². The fourth-order valence-electron chi connectivity index (χ4n) is 1.71. The molecule has 1 aromatic heterocycles. The van der Waals surface area contributed by atoms with Gasteiger partial charge in [-0.05, 0) is 34.2 Å². The third-order valence-electron chi connectivity index (χ3n) is 3.71. The highest BCUT2D eigenvalue weighted by atomic mass is 32.2. The molecule has 0 amide bonds. The van der Waals surface area contributed by atoms with Crippen LogP contribution < -0.4 is 5.32 Å². The van der Waals surface area contributed by atoms with Crippen LogP contribution in [0, 0.1) is 6.92 Å². The third-order valence-corrected chi connectivity index (χ3v) is 5.75. The molecule has 0 aliphatic carbocycles. The second-order valence-corrected chi connectivity index (χ2v) is 7.19. The molecule has 0 aromatic carbocycles. The molecule has 0 saturated carbocycles. The topological polar surface area (TPSA) is 78.1 Å². The molecule has 1 rings (SSSR count). The largest absolute Gasteiger partial charge is 0.316 e. The first-order chi connectivity index (χ1) is 8.68. The summed E-state index contributed by atoms with van der Waals surface area (Å²) in [6.45, 7) is 8.07. The third kappa shape index (κ3) is 2.98. The van der Waals surface area contributed by atoms with Crippen LogP contribution in [0.3, 0.4) is 0 Å². The lowest BCUT2D eigenvalue weighted by atomic mass is 10.0. The van der Waals surface area contributed by atoms with Gasteiger partial charge in [-0.3, -0.25) is 5.10 Å². The first kappa shape index (κ1) is 16.1. The minimum Gasteiger partial charge on any atom is -0.316 e. The summed E-state index contributed by atoms with van der Waals surface area (Å²) in [6.07, 6.45) is 0.730. The van der Waals surface area contributed by atoms with E-state index in [0.29, 0.717) is 12.1 Å². The fraction of sp³-hybridized carbons (Fsp3) is 0.750. The number of aryl methyl sites for hydroxylation is 1. The number of nitrogens with zero attached hydrogens (tertiary/aromatic N) is 2. The van der Waals surface area contributed by atoms with Crippen LogP contribution >= 0.6 is 0 Å². The molecule has 7 heteroatoms. The molecule has 2 N–H and O–H groups in total. The summed E-state index contributed by atoms with van der Waals surface area (Å²) >= 11 is 0. The SMILES string of the molecule is CCC(C)(C)N(C)S(=O)(=O)c1n[nH]c(C)c1CNC. The lowest BCUT2D eigenvalue weighted by Gasteiger charge is -2.33. The van der Waals surface area contributed by atoms with Crippen LogP contribution in [-0.4, -0.2) is 42.6 Å². The highest BCUT2D eigenvalue weighted by Gasteiger charge is 2.36. The normalized spacial score (nSPS) is 13.2. The Morgan fingerprint density at radius 3 is 2.47 bits per heavy atom. The van der Waals surface area contributed by atoms with Crippen molar-refractivity contribution in [1.29, 1.82) is 0 Å². The van der Waals surface area contributed by atoms with Gasteiger partial charge in [-0.15, -0.1) is 0 Å². The molecule has 0 fully saturated rings. The first-order valence-electron chi connectivity index (χ1n) is 6.36. The summed E-state index contributed by atoms with van der Waals surface area (Å²) in [5.74, 6) is 0. The number of H-pyrrole nitrogens is 1. The summed E-state index contributed by atoms with van der Waals surface area (Å²) in [4.78, 5) is 0. The molecule has 0 radical (unpaired) electrons. The van der Waals surface area contributed by atoms with E-state index >= 15 is 0 Å². The van der Waals surface area contributed by atoms with Crippen LogP contribution in [0.25, 0.3) is 0 Å². The van der Waals surface area contributed by atoms with Crippen LogP contribution in [0.1, 0.15) is 38.4 Å². The van der Waals surface area contributed by atoms with Gasteiger partial charge in [-0.25, -0.2) is 8.42 Å². The fourth-order valence-corrected chi connectivity index (χ4v) is 3.44. The minimum atomic E-state index is -3.59. The molecule has 19 heavy (non-hydrogen) atoms. The van der Waals surface area contributed by atoms with Gasteiger partial charge in [0.25, 0.3) is 10.0 Å². The van der Waals surface area contributed by atoms with Crippen molar-refractivity contribution in [3.8, 4) is 0 Å². The Balaban J connectivity index is 3.28. The highest BCUT2D eigenvalue weighted by Crippen LogP contribution is 2.26. The summed E-state index contributed by atoms with van der Waals surface area (Å²) in [6, 6.07) is 0. The van der Waals surface area contributed by atoms with Crippen LogP contribution in [0.2, 0.25) is 0 Å². The standard InChI is InChI=1S/C12H24N4O2S/c1-7-12(3,4)16(6)19(17,18)11-10(8-13-5)9(2)14-15-11/h13H,7-8H2,1-6H3,(H,14,15). The maximum Gasteiger partial charge on any atom is 0.262 e. The van der Waals surface area contributed by atoms with Gasteiger partial charge in [0.2, 0.25) is 0 Å². The van der Waals surface area contributed by atoms with Gasteiger partial charge in [-0.2, -0.15) is 9.40 Å². The van der Waals surface area contributed by atoms with Crippen molar-refractivity contribution in [2.75, 3.05) is 14.1 Å². The predicted octanol–water partition coefficient (Wildman–Crippen LogP) is 1.25. The van der Waals surface area contributed by atoms with Crippen LogP contribution in [-0.2, 0) is 16.6 Å². The molecule has 1 heterocycles. The highest BCUT2D eigenvalue weighted by molar-refractivity contribution is 7.89. The van der Waals surface area contributed by atoms with Gasteiger partial charge in [-0.1, -0.05) is 6.92 Å². The van der Waals surface area contributed by atoms with Gasteiger partial charge in [0.05, 0.1) is 0 Å². The molecule has 0 atom stereocenters. The average molecular weight is 288 g/mol. The molecule has 110 valence electrons. The van der Waals surface area contributed by atoms with E-state index in [9.17, 15) is 8.42 Å². The van der Waals surface area contributed by atoms with E-state index in [4.69, 9.17) is 0 Å². The van der Waals surface area contributed by atoms with Gasteiger partial charge >= 0.3 is 0 Å². The van der Waals surface area contributed by atoms with Crippen LogP contribution in [0.15, 0.2) is 5.03 Å². The summed E-state index contributed by atoms with van der Waals surface area (Å²) in [5.41, 5.74) is 1.03. The lowest BCUT2D eigenvalue weighted by Crippen LogP contribution is -2.44. The van der Waals surface area contributed by atoms with Gasteiger partial charge in [0.15, 0.2) is 5.03 Å². The summed E-state index contributed by atoms with van der Waals surface area (Å²) in [5, 5.41) is 9.82. The van der Waals surface area contributed by atoms with Crippen LogP contribution in [0.4, 0.5) is 0 Å². The molecule has 0 unspecified atom stereocenters. The summed E-state index contributed by atoms with van der Waals surface area (Å²) < 4.78 is 26.7.